The predicted octanol–water partition coefficient (Wildman–Crippen LogP) is 6.46. The van der Waals surface area contributed by atoms with E-state index in [1.165, 1.54) is 40.4 Å². The van der Waals surface area contributed by atoms with Crippen molar-refractivity contribution in [1.29, 1.82) is 0 Å². The third-order valence-electron chi connectivity index (χ3n) is 7.24. The van der Waals surface area contributed by atoms with Crippen LogP contribution in [-0.4, -0.2) is 26.7 Å². The lowest BCUT2D eigenvalue weighted by molar-refractivity contribution is 0.315. The lowest BCUT2D eigenvalue weighted by Gasteiger charge is -2.29. The molecule has 1 aliphatic carbocycles. The molecule has 1 fully saturated rings. The van der Waals surface area contributed by atoms with E-state index in [1.807, 2.05) is 6.07 Å². The zero-order valence-electron chi connectivity index (χ0n) is 18.3. The molecule has 0 atom stereocenters. The summed E-state index contributed by atoms with van der Waals surface area (Å²) in [4.78, 5) is 2.28. The van der Waals surface area contributed by atoms with Gasteiger partial charge in [-0.1, -0.05) is 54.1 Å². The Bertz CT molecular complexity index is 1280. The van der Waals surface area contributed by atoms with Gasteiger partial charge in [0.05, 0.1) is 12.2 Å². The highest BCUT2D eigenvalue weighted by Crippen LogP contribution is 2.43. The minimum atomic E-state index is 0.439. The van der Waals surface area contributed by atoms with Crippen molar-refractivity contribution in [2.45, 2.75) is 50.6 Å². The molecule has 0 saturated heterocycles. The van der Waals surface area contributed by atoms with E-state index in [9.17, 15) is 0 Å². The van der Waals surface area contributed by atoms with Crippen LogP contribution in [0.5, 0.6) is 0 Å². The number of aromatic nitrogens is 3. The fourth-order valence-electron chi connectivity index (χ4n) is 5.72. The molecule has 0 unspecified atom stereocenters. The van der Waals surface area contributed by atoms with E-state index in [2.05, 4.69) is 76.2 Å². The first-order chi connectivity index (χ1) is 15.7. The van der Waals surface area contributed by atoms with Crippen LogP contribution in [0.3, 0.4) is 0 Å². The summed E-state index contributed by atoms with van der Waals surface area (Å²) >= 11 is 6.32. The van der Waals surface area contributed by atoms with Gasteiger partial charge in [-0.25, -0.2) is 0 Å². The van der Waals surface area contributed by atoms with Crippen LogP contribution in [-0.2, 0) is 13.1 Å². The Hall–Kier alpha value is -2.69. The molecule has 0 spiro atoms. The molecule has 6 rings (SSSR count). The van der Waals surface area contributed by atoms with Crippen molar-refractivity contribution in [3.63, 3.8) is 0 Å². The average Bonchev–Trinajstić information content (AvgIpc) is 3.16. The van der Waals surface area contributed by atoms with Gasteiger partial charge in [0, 0.05) is 17.5 Å². The van der Waals surface area contributed by atoms with Crippen LogP contribution < -0.4 is 0 Å². The van der Waals surface area contributed by atoms with Crippen LogP contribution in [0.2, 0.25) is 5.02 Å². The van der Waals surface area contributed by atoms with Crippen molar-refractivity contribution < 1.29 is 0 Å². The van der Waals surface area contributed by atoms with Crippen molar-refractivity contribution in [1.82, 2.24) is 19.7 Å². The SMILES string of the molecule is CN1Cc2cc(Cl)ccc2-n2c(nnc2[C@H]2CC[C@H](c3cccc4ccccc43)CC2)C1. The van der Waals surface area contributed by atoms with Gasteiger partial charge in [-0.15, -0.1) is 10.2 Å². The summed E-state index contributed by atoms with van der Waals surface area (Å²) in [7, 11) is 2.13. The Morgan fingerprint density at radius 1 is 0.844 bits per heavy atom. The zero-order chi connectivity index (χ0) is 21.7. The Kier molecular flexibility index (Phi) is 5.00. The van der Waals surface area contributed by atoms with Gasteiger partial charge in [0.25, 0.3) is 0 Å². The Morgan fingerprint density at radius 3 is 2.50 bits per heavy atom. The van der Waals surface area contributed by atoms with Crippen molar-refractivity contribution in [2.75, 3.05) is 7.05 Å². The minimum Gasteiger partial charge on any atom is -0.295 e. The third-order valence-corrected chi connectivity index (χ3v) is 7.48. The first-order valence-corrected chi connectivity index (χ1v) is 11.9. The molecule has 2 heterocycles. The van der Waals surface area contributed by atoms with E-state index >= 15 is 0 Å². The zero-order valence-corrected chi connectivity index (χ0v) is 19.1. The van der Waals surface area contributed by atoms with Crippen LogP contribution in [0.4, 0.5) is 0 Å². The standard InChI is InChI=1S/C27H27ClN4/c1-31-16-21-15-22(28)13-14-25(21)32-26(17-31)29-30-27(32)20-11-9-19(10-12-20)24-8-4-6-18-5-2-3-7-23(18)24/h2-8,13-15,19-20H,9-12,16-17H2,1H3/t19-,20-. The maximum Gasteiger partial charge on any atom is 0.151 e. The van der Waals surface area contributed by atoms with Gasteiger partial charge in [-0.05, 0) is 78.7 Å². The van der Waals surface area contributed by atoms with Gasteiger partial charge in [0.15, 0.2) is 5.82 Å². The van der Waals surface area contributed by atoms with Crippen LogP contribution in [0.25, 0.3) is 16.5 Å². The van der Waals surface area contributed by atoms with Crippen LogP contribution in [0, 0.1) is 0 Å². The van der Waals surface area contributed by atoms with Crippen molar-refractivity contribution >= 4 is 22.4 Å². The van der Waals surface area contributed by atoms with Crippen LogP contribution >= 0.6 is 11.6 Å². The first-order valence-electron chi connectivity index (χ1n) is 11.6. The number of halogens is 1. The third kappa shape index (κ3) is 3.42. The summed E-state index contributed by atoms with van der Waals surface area (Å²) in [5.74, 6) is 3.20. The molecule has 5 heteroatoms. The largest absolute Gasteiger partial charge is 0.295 e. The molecule has 32 heavy (non-hydrogen) atoms. The molecule has 2 aliphatic rings. The number of hydrogen-bond acceptors (Lipinski definition) is 3. The van der Waals surface area contributed by atoms with E-state index < -0.39 is 0 Å². The summed E-state index contributed by atoms with van der Waals surface area (Å²) in [5.41, 5.74) is 3.93. The number of benzene rings is 3. The second kappa shape index (κ2) is 8.02. The highest BCUT2D eigenvalue weighted by atomic mass is 35.5. The molecule has 1 aliphatic heterocycles. The van der Waals surface area contributed by atoms with Crippen molar-refractivity contribution in [3.8, 4) is 5.69 Å². The number of hydrogen-bond donors (Lipinski definition) is 0. The quantitative estimate of drug-likeness (QED) is 0.357. The average molecular weight is 443 g/mol. The molecule has 1 aromatic heterocycles. The Balaban J connectivity index is 1.31. The Labute approximate surface area is 193 Å². The molecule has 0 N–H and O–H groups in total. The summed E-state index contributed by atoms with van der Waals surface area (Å²) < 4.78 is 2.32. The molecular weight excluding hydrogens is 416 g/mol. The van der Waals surface area contributed by atoms with Gasteiger partial charge in [-0.2, -0.15) is 0 Å². The monoisotopic (exact) mass is 442 g/mol. The van der Waals surface area contributed by atoms with Crippen LogP contribution in [0.1, 0.15) is 60.3 Å². The summed E-state index contributed by atoms with van der Waals surface area (Å²) in [5, 5.41) is 12.9. The maximum absolute atomic E-state index is 6.32. The van der Waals surface area contributed by atoms with Crippen molar-refractivity contribution in [3.05, 3.63) is 88.5 Å². The molecule has 0 radical (unpaired) electrons. The summed E-state index contributed by atoms with van der Waals surface area (Å²) in [6.07, 6.45) is 4.66. The van der Waals surface area contributed by atoms with Gasteiger partial charge >= 0.3 is 0 Å². The van der Waals surface area contributed by atoms with Crippen LogP contribution in [0.15, 0.2) is 60.7 Å². The lowest BCUT2D eigenvalue weighted by Crippen LogP contribution is -2.17. The second-order valence-electron chi connectivity index (χ2n) is 9.37. The van der Waals surface area contributed by atoms with E-state index in [4.69, 9.17) is 16.7 Å². The highest BCUT2D eigenvalue weighted by molar-refractivity contribution is 6.30. The molecule has 0 amide bonds. The fraction of sp³-hybridized carbons (Fsp3) is 0.333. The molecule has 4 aromatic rings. The molecule has 4 nitrogen and oxygen atoms in total. The predicted molar refractivity (Wildman–Crippen MR) is 129 cm³/mol. The lowest BCUT2D eigenvalue weighted by atomic mass is 9.77. The Morgan fingerprint density at radius 2 is 1.62 bits per heavy atom. The smallest absolute Gasteiger partial charge is 0.151 e. The minimum absolute atomic E-state index is 0.439. The van der Waals surface area contributed by atoms with Crippen molar-refractivity contribution in [2.24, 2.45) is 0 Å². The normalized spacial score (nSPS) is 21.2. The summed E-state index contributed by atoms with van der Waals surface area (Å²) in [6.45, 7) is 1.66. The van der Waals surface area contributed by atoms with E-state index in [-0.39, 0.29) is 0 Å². The van der Waals surface area contributed by atoms with Gasteiger partial charge in [0.1, 0.15) is 5.82 Å². The van der Waals surface area contributed by atoms with E-state index in [0.717, 1.165) is 42.6 Å². The highest BCUT2D eigenvalue weighted by Gasteiger charge is 2.30. The molecule has 0 bridgehead atoms. The topological polar surface area (TPSA) is 34.0 Å². The first kappa shape index (κ1) is 20.0. The van der Waals surface area contributed by atoms with Gasteiger partial charge in [-0.3, -0.25) is 9.47 Å². The second-order valence-corrected chi connectivity index (χ2v) is 9.81. The molecule has 1 saturated carbocycles. The van der Waals surface area contributed by atoms with Gasteiger partial charge < -0.3 is 0 Å². The molecular formula is C27H27ClN4. The van der Waals surface area contributed by atoms with E-state index in [0.29, 0.717) is 11.8 Å². The number of nitrogens with zero attached hydrogens (tertiary/aromatic N) is 4. The molecule has 3 aromatic carbocycles. The maximum atomic E-state index is 6.32. The number of rotatable bonds is 2. The van der Waals surface area contributed by atoms with E-state index in [1.54, 1.807) is 0 Å². The number of fused-ring (bicyclic) bond motifs is 4. The summed E-state index contributed by atoms with van der Waals surface area (Å²) in [6, 6.07) is 21.7. The molecule has 162 valence electrons. The van der Waals surface area contributed by atoms with Gasteiger partial charge in [0.2, 0.25) is 0 Å². The fourth-order valence-corrected chi connectivity index (χ4v) is 5.91.